The van der Waals surface area contributed by atoms with Gasteiger partial charge in [-0.3, -0.25) is 0 Å². The van der Waals surface area contributed by atoms with Crippen LogP contribution in [0.15, 0.2) is 109 Å². The second-order valence-corrected chi connectivity index (χ2v) is 10.6. The van der Waals surface area contributed by atoms with E-state index < -0.39 is 0 Å². The quantitative estimate of drug-likeness (QED) is 0.277. The summed E-state index contributed by atoms with van der Waals surface area (Å²) in [7, 11) is 0. The van der Waals surface area contributed by atoms with Gasteiger partial charge in [-0.15, -0.1) is 0 Å². The number of hydrogen-bond acceptors (Lipinski definition) is 0. The third kappa shape index (κ3) is 2.35. The molecule has 8 rings (SSSR count). The molecule has 0 fully saturated rings. The summed E-state index contributed by atoms with van der Waals surface area (Å²) < 4.78 is 2.55. The number of hydrogen-bond donors (Lipinski definition) is 0. The number of rotatable bonds is 1. The Morgan fingerprint density at radius 1 is 0.600 bits per heavy atom. The van der Waals surface area contributed by atoms with Crippen molar-refractivity contribution in [1.29, 1.82) is 0 Å². The number of benzene rings is 5. The smallest absolute Gasteiger partial charge is 0.247 e. The van der Waals surface area contributed by atoms with Crippen LogP contribution in [-0.2, 0) is 5.41 Å². The van der Waals surface area contributed by atoms with Gasteiger partial charge in [-0.25, -0.2) is 0 Å². The van der Waals surface area contributed by atoms with Crippen LogP contribution >= 0.6 is 0 Å². The van der Waals surface area contributed by atoms with Crippen molar-refractivity contribution in [3.63, 3.8) is 0 Å². The van der Waals surface area contributed by atoms with Crippen LogP contribution < -0.4 is 16.4 Å². The Kier molecular flexibility index (Phi) is 3.61. The van der Waals surface area contributed by atoms with Crippen LogP contribution in [-0.4, -0.2) is 11.3 Å². The summed E-state index contributed by atoms with van der Waals surface area (Å²) in [5.74, 6) is 0. The summed E-state index contributed by atoms with van der Waals surface area (Å²) in [4.78, 5) is 0. The molecule has 3 heterocycles. The Morgan fingerprint density at radius 3 is 2.23 bits per heavy atom. The van der Waals surface area contributed by atoms with Crippen molar-refractivity contribution in [1.82, 2.24) is 4.57 Å². The highest BCUT2D eigenvalue weighted by molar-refractivity contribution is 6.99. The first-order chi connectivity index (χ1) is 17.1. The van der Waals surface area contributed by atoms with Crippen LogP contribution in [0.3, 0.4) is 0 Å². The van der Waals surface area contributed by atoms with Gasteiger partial charge in [0.05, 0.1) is 5.52 Å². The molecule has 0 atom stereocenters. The molecule has 1 nitrogen and oxygen atoms in total. The molecule has 0 aliphatic carbocycles. The molecule has 2 heteroatoms. The highest BCUT2D eigenvalue weighted by Gasteiger charge is 2.44. The number of para-hydroxylation sites is 1. The highest BCUT2D eigenvalue weighted by atomic mass is 15.0. The van der Waals surface area contributed by atoms with Crippen molar-refractivity contribution in [3.8, 4) is 16.8 Å². The summed E-state index contributed by atoms with van der Waals surface area (Å²) in [6.07, 6.45) is 0. The van der Waals surface area contributed by atoms with Crippen molar-refractivity contribution in [2.75, 3.05) is 0 Å². The van der Waals surface area contributed by atoms with E-state index >= 15 is 0 Å². The van der Waals surface area contributed by atoms with E-state index in [2.05, 4.69) is 128 Å². The number of fused-ring (bicyclic) bond motifs is 7. The zero-order chi connectivity index (χ0) is 23.3. The molecule has 6 aromatic rings. The molecule has 0 radical (unpaired) electrons. The van der Waals surface area contributed by atoms with E-state index in [0.717, 1.165) is 0 Å². The van der Waals surface area contributed by atoms with Crippen LogP contribution in [0.4, 0.5) is 0 Å². The molecule has 2 aliphatic heterocycles. The first-order valence-electron chi connectivity index (χ1n) is 12.5. The van der Waals surface area contributed by atoms with Gasteiger partial charge in [0.25, 0.3) is 0 Å². The lowest BCUT2D eigenvalue weighted by Crippen LogP contribution is -2.63. The summed E-state index contributed by atoms with van der Waals surface area (Å²) in [6.45, 7) is 5.03. The van der Waals surface area contributed by atoms with E-state index in [9.17, 15) is 0 Å². The standard InChI is InChI=1S/C33H24BN/c1-33(2)25-13-6-7-15-27(25)34-28-16-8-12-24-23-19-18-22(21-10-4-3-5-11-21)20-30(23)35(32(24)28)29-17-9-14-26(33)31(29)34/h3-20H,1-2H3. The van der Waals surface area contributed by atoms with E-state index in [1.807, 2.05) is 0 Å². The van der Waals surface area contributed by atoms with Crippen molar-refractivity contribution < 1.29 is 0 Å². The maximum absolute atomic E-state index is 2.55. The fourth-order valence-corrected chi connectivity index (χ4v) is 6.92. The summed E-state index contributed by atoms with van der Waals surface area (Å²) in [6, 6.07) is 40.6. The molecular formula is C33H24BN. The maximum Gasteiger partial charge on any atom is 0.247 e. The minimum atomic E-state index is -0.0397. The average Bonchev–Trinajstić information content (AvgIpc) is 3.24. The lowest BCUT2D eigenvalue weighted by atomic mass is 9.30. The molecule has 1 aromatic heterocycles. The molecule has 0 amide bonds. The predicted octanol–water partition coefficient (Wildman–Crippen LogP) is 5.92. The first-order valence-corrected chi connectivity index (χ1v) is 12.5. The van der Waals surface area contributed by atoms with Crippen LogP contribution in [0.5, 0.6) is 0 Å². The van der Waals surface area contributed by atoms with Crippen LogP contribution in [0.25, 0.3) is 38.6 Å². The summed E-state index contributed by atoms with van der Waals surface area (Å²) >= 11 is 0. The van der Waals surface area contributed by atoms with Crippen molar-refractivity contribution in [2.24, 2.45) is 0 Å². The van der Waals surface area contributed by atoms with Crippen molar-refractivity contribution in [3.05, 3.63) is 120 Å². The Balaban J connectivity index is 1.55. The Bertz CT molecular complexity index is 1820. The molecule has 0 N–H and O–H groups in total. The predicted molar refractivity (Wildman–Crippen MR) is 149 cm³/mol. The summed E-state index contributed by atoms with van der Waals surface area (Å²) in [5, 5.41) is 2.67. The molecule has 0 unspecified atom stereocenters. The van der Waals surface area contributed by atoms with Gasteiger partial charge >= 0.3 is 0 Å². The zero-order valence-electron chi connectivity index (χ0n) is 19.9. The molecule has 35 heavy (non-hydrogen) atoms. The second kappa shape index (κ2) is 6.55. The van der Waals surface area contributed by atoms with E-state index in [1.165, 1.54) is 66.1 Å². The fraction of sp³-hybridized carbons (Fsp3) is 0.0909. The van der Waals surface area contributed by atoms with Gasteiger partial charge in [-0.2, -0.15) is 0 Å². The molecule has 164 valence electrons. The second-order valence-electron chi connectivity index (χ2n) is 10.6. The third-order valence-corrected chi connectivity index (χ3v) is 8.47. The minimum absolute atomic E-state index is 0.0397. The van der Waals surface area contributed by atoms with E-state index in [0.29, 0.717) is 0 Å². The first kappa shape index (κ1) is 19.3. The average molecular weight is 445 g/mol. The molecule has 2 aliphatic rings. The SMILES string of the molecule is CC1(C)c2ccccc2B2c3c(cccc31)-n1c3cc(-c4ccccc4)ccc3c3cccc2c31. The lowest BCUT2D eigenvalue weighted by molar-refractivity contribution is 0.645. The highest BCUT2D eigenvalue weighted by Crippen LogP contribution is 2.40. The molecule has 0 spiro atoms. The van der Waals surface area contributed by atoms with E-state index in [4.69, 9.17) is 0 Å². The third-order valence-electron chi connectivity index (χ3n) is 8.47. The van der Waals surface area contributed by atoms with Gasteiger partial charge < -0.3 is 4.57 Å². The molecule has 0 saturated heterocycles. The van der Waals surface area contributed by atoms with Gasteiger partial charge in [0.1, 0.15) is 0 Å². The molecule has 5 aromatic carbocycles. The van der Waals surface area contributed by atoms with Gasteiger partial charge in [0.15, 0.2) is 0 Å². The largest absolute Gasteiger partial charge is 0.310 e. The van der Waals surface area contributed by atoms with Crippen molar-refractivity contribution >= 4 is 44.9 Å². The Hall–Kier alpha value is -4.04. The van der Waals surface area contributed by atoms with Crippen molar-refractivity contribution in [2.45, 2.75) is 19.3 Å². The minimum Gasteiger partial charge on any atom is -0.310 e. The zero-order valence-corrected chi connectivity index (χ0v) is 19.9. The number of aromatic nitrogens is 1. The fourth-order valence-electron chi connectivity index (χ4n) is 6.92. The normalized spacial score (nSPS) is 14.7. The lowest BCUT2D eigenvalue weighted by Gasteiger charge is -2.41. The monoisotopic (exact) mass is 445 g/mol. The van der Waals surface area contributed by atoms with Gasteiger partial charge in [-0.05, 0) is 45.3 Å². The Labute approximate surface area is 205 Å². The van der Waals surface area contributed by atoms with Gasteiger partial charge in [0, 0.05) is 27.4 Å². The van der Waals surface area contributed by atoms with Crippen LogP contribution in [0, 0.1) is 0 Å². The Morgan fingerprint density at radius 2 is 1.34 bits per heavy atom. The van der Waals surface area contributed by atoms with Gasteiger partial charge in [0.2, 0.25) is 6.71 Å². The summed E-state index contributed by atoms with van der Waals surface area (Å²) in [5.41, 5.74) is 13.7. The van der Waals surface area contributed by atoms with E-state index in [-0.39, 0.29) is 12.1 Å². The molecule has 0 bridgehead atoms. The molecular weight excluding hydrogens is 421 g/mol. The van der Waals surface area contributed by atoms with E-state index in [1.54, 1.807) is 0 Å². The van der Waals surface area contributed by atoms with Crippen LogP contribution in [0.1, 0.15) is 25.0 Å². The van der Waals surface area contributed by atoms with Gasteiger partial charge in [-0.1, -0.05) is 116 Å². The molecule has 0 saturated carbocycles. The number of nitrogens with zero attached hydrogens (tertiary/aromatic N) is 1. The maximum atomic E-state index is 2.55. The topological polar surface area (TPSA) is 4.93 Å². The van der Waals surface area contributed by atoms with Crippen LogP contribution in [0.2, 0.25) is 0 Å².